The SMILES string of the molecule is Cc1cc(=O)n(C)c2c(CCNC[C@H]3CN(c4cnc5c(n4)NC(=O)CO5)C(=O)O3)c(F)ccc12. The molecular weight excluding hydrogens is 459 g/mol. The molecule has 1 aromatic carbocycles. The van der Waals surface area contributed by atoms with Gasteiger partial charge in [0.15, 0.2) is 18.2 Å². The van der Waals surface area contributed by atoms with Gasteiger partial charge in [0, 0.05) is 30.6 Å². The highest BCUT2D eigenvalue weighted by molar-refractivity contribution is 5.94. The summed E-state index contributed by atoms with van der Waals surface area (Å²) in [6, 6.07) is 4.64. The number of aryl methyl sites for hydroxylation is 2. The number of halogens is 1. The Balaban J connectivity index is 1.22. The van der Waals surface area contributed by atoms with Crippen LogP contribution in [-0.2, 0) is 23.0 Å². The third kappa shape index (κ3) is 4.28. The molecule has 1 fully saturated rings. The molecule has 0 unspecified atom stereocenters. The predicted octanol–water partition coefficient (Wildman–Crippen LogP) is 1.26. The van der Waals surface area contributed by atoms with Gasteiger partial charge in [0.2, 0.25) is 0 Å². The molecule has 0 spiro atoms. The van der Waals surface area contributed by atoms with E-state index in [2.05, 4.69) is 20.6 Å². The van der Waals surface area contributed by atoms with Crippen LogP contribution in [0.2, 0.25) is 0 Å². The van der Waals surface area contributed by atoms with Gasteiger partial charge in [-0.05, 0) is 37.6 Å². The number of rotatable bonds is 6. The molecule has 11 nitrogen and oxygen atoms in total. The quantitative estimate of drug-likeness (QED) is 0.503. The van der Waals surface area contributed by atoms with Crippen molar-refractivity contribution in [1.29, 1.82) is 0 Å². The Morgan fingerprint density at radius 3 is 2.94 bits per heavy atom. The molecule has 2 N–H and O–H groups in total. The molecule has 0 radical (unpaired) electrons. The fourth-order valence-electron chi connectivity index (χ4n) is 4.30. The van der Waals surface area contributed by atoms with Crippen molar-refractivity contribution < 1.29 is 23.5 Å². The van der Waals surface area contributed by atoms with Crippen LogP contribution >= 0.6 is 0 Å². The van der Waals surface area contributed by atoms with Gasteiger partial charge < -0.3 is 24.7 Å². The number of amides is 2. The first-order valence-corrected chi connectivity index (χ1v) is 11.1. The second-order valence-electron chi connectivity index (χ2n) is 8.44. The van der Waals surface area contributed by atoms with E-state index < -0.39 is 12.2 Å². The van der Waals surface area contributed by atoms with Gasteiger partial charge >= 0.3 is 6.09 Å². The molecule has 4 heterocycles. The second-order valence-corrected chi connectivity index (χ2v) is 8.44. The zero-order valence-electron chi connectivity index (χ0n) is 19.1. The predicted molar refractivity (Wildman–Crippen MR) is 124 cm³/mol. The van der Waals surface area contributed by atoms with Gasteiger partial charge in [-0.15, -0.1) is 0 Å². The maximum absolute atomic E-state index is 14.7. The highest BCUT2D eigenvalue weighted by atomic mass is 19.1. The number of cyclic esters (lactones) is 1. The van der Waals surface area contributed by atoms with Crippen molar-refractivity contribution in [3.8, 4) is 5.88 Å². The van der Waals surface area contributed by atoms with Gasteiger partial charge in [0.1, 0.15) is 11.9 Å². The topological polar surface area (TPSA) is 128 Å². The van der Waals surface area contributed by atoms with Crippen molar-refractivity contribution in [2.45, 2.75) is 19.4 Å². The van der Waals surface area contributed by atoms with Crippen molar-refractivity contribution in [1.82, 2.24) is 19.9 Å². The molecule has 2 aromatic heterocycles. The Bertz CT molecular complexity index is 1410. The first-order valence-electron chi connectivity index (χ1n) is 11.1. The van der Waals surface area contributed by atoms with Crippen LogP contribution < -0.4 is 25.8 Å². The number of carbonyl (C=O) groups is 2. The number of benzene rings is 1. The van der Waals surface area contributed by atoms with Crippen molar-refractivity contribution in [2.24, 2.45) is 7.05 Å². The smallest absolute Gasteiger partial charge is 0.416 e. The normalized spacial score (nSPS) is 17.2. The van der Waals surface area contributed by atoms with Gasteiger partial charge in [-0.1, -0.05) is 0 Å². The molecule has 1 saturated heterocycles. The Morgan fingerprint density at radius 2 is 2.11 bits per heavy atom. The van der Waals surface area contributed by atoms with Crippen LogP contribution in [0.4, 0.5) is 20.8 Å². The number of fused-ring (bicyclic) bond motifs is 2. The van der Waals surface area contributed by atoms with Gasteiger partial charge in [0.25, 0.3) is 17.3 Å². The molecule has 2 amide bonds. The molecule has 1 atom stereocenters. The summed E-state index contributed by atoms with van der Waals surface area (Å²) in [5, 5.41) is 6.58. The molecule has 2 aliphatic rings. The summed E-state index contributed by atoms with van der Waals surface area (Å²) in [5.41, 5.74) is 1.64. The molecule has 0 aliphatic carbocycles. The number of ether oxygens (including phenoxy) is 2. The van der Waals surface area contributed by atoms with Crippen LogP contribution in [0.15, 0.2) is 29.2 Å². The molecule has 35 heavy (non-hydrogen) atoms. The number of hydrogen-bond acceptors (Lipinski definition) is 8. The number of nitrogens with zero attached hydrogens (tertiary/aromatic N) is 4. The fraction of sp³-hybridized carbons (Fsp3) is 0.348. The van der Waals surface area contributed by atoms with Crippen molar-refractivity contribution in [3.63, 3.8) is 0 Å². The zero-order valence-corrected chi connectivity index (χ0v) is 19.1. The fourth-order valence-corrected chi connectivity index (χ4v) is 4.30. The van der Waals surface area contributed by atoms with E-state index in [0.29, 0.717) is 30.6 Å². The largest absolute Gasteiger partial charge is 0.465 e. The number of anilines is 2. The standard InChI is InChI=1S/C23H23FN6O5/c1-12-7-19(32)29(2)20-14(12)3-4-16(24)15(20)5-6-25-8-13-10-30(23(33)35-13)17-9-26-22-21(27-17)28-18(31)11-34-22/h3-4,7,9,13,25H,5-6,8,10-11H2,1-2H3,(H,27,28,31)/t13-/m0/s1. The molecule has 182 valence electrons. The minimum atomic E-state index is -0.584. The summed E-state index contributed by atoms with van der Waals surface area (Å²) in [6.07, 6.45) is 0.679. The van der Waals surface area contributed by atoms with Gasteiger partial charge in [-0.25, -0.2) is 19.2 Å². The summed E-state index contributed by atoms with van der Waals surface area (Å²) in [7, 11) is 1.63. The first kappa shape index (κ1) is 22.7. The third-order valence-electron chi connectivity index (χ3n) is 6.05. The van der Waals surface area contributed by atoms with Gasteiger partial charge in [0.05, 0.1) is 18.3 Å². The van der Waals surface area contributed by atoms with Crippen LogP contribution in [0.25, 0.3) is 10.9 Å². The molecule has 12 heteroatoms. The Morgan fingerprint density at radius 1 is 1.29 bits per heavy atom. The summed E-state index contributed by atoms with van der Waals surface area (Å²) in [4.78, 5) is 45.8. The van der Waals surface area contributed by atoms with Gasteiger partial charge in [-0.3, -0.25) is 14.5 Å². The summed E-state index contributed by atoms with van der Waals surface area (Å²) in [5.74, 6) is -0.160. The lowest BCUT2D eigenvalue weighted by Gasteiger charge is -2.18. The zero-order chi connectivity index (χ0) is 24.7. The minimum absolute atomic E-state index is 0.140. The highest BCUT2D eigenvalue weighted by Crippen LogP contribution is 2.27. The van der Waals surface area contributed by atoms with Crippen LogP contribution in [0.3, 0.4) is 0 Å². The van der Waals surface area contributed by atoms with E-state index in [-0.39, 0.29) is 48.0 Å². The number of nitrogens with one attached hydrogen (secondary N) is 2. The number of hydrogen-bond donors (Lipinski definition) is 2. The van der Waals surface area contributed by atoms with E-state index in [9.17, 15) is 18.8 Å². The second kappa shape index (κ2) is 8.95. The minimum Gasteiger partial charge on any atom is -0.465 e. The molecular formula is C23H23FN6O5. The van der Waals surface area contributed by atoms with Crippen LogP contribution in [-0.4, -0.2) is 58.9 Å². The number of pyridine rings is 1. The molecule has 3 aromatic rings. The van der Waals surface area contributed by atoms with E-state index in [4.69, 9.17) is 9.47 Å². The lowest BCUT2D eigenvalue weighted by molar-refractivity contribution is -0.118. The maximum atomic E-state index is 14.7. The average Bonchev–Trinajstić information content (AvgIpc) is 3.20. The Hall–Kier alpha value is -4.06. The monoisotopic (exact) mass is 482 g/mol. The lowest BCUT2D eigenvalue weighted by Crippen LogP contribution is -2.33. The highest BCUT2D eigenvalue weighted by Gasteiger charge is 2.34. The van der Waals surface area contributed by atoms with E-state index in [1.807, 2.05) is 6.92 Å². The van der Waals surface area contributed by atoms with Crippen molar-refractivity contribution in [3.05, 3.63) is 51.7 Å². The molecule has 0 saturated carbocycles. The maximum Gasteiger partial charge on any atom is 0.416 e. The summed E-state index contributed by atoms with van der Waals surface area (Å²) < 4.78 is 26.7. The molecule has 0 bridgehead atoms. The summed E-state index contributed by atoms with van der Waals surface area (Å²) in [6.45, 7) is 2.67. The van der Waals surface area contributed by atoms with Crippen LogP contribution in [0.5, 0.6) is 5.88 Å². The van der Waals surface area contributed by atoms with E-state index in [1.165, 1.54) is 27.8 Å². The average molecular weight is 482 g/mol. The van der Waals surface area contributed by atoms with Crippen LogP contribution in [0, 0.1) is 12.7 Å². The first-order chi connectivity index (χ1) is 16.8. The summed E-state index contributed by atoms with van der Waals surface area (Å²) >= 11 is 0. The number of aromatic nitrogens is 3. The third-order valence-corrected chi connectivity index (χ3v) is 6.05. The molecule has 5 rings (SSSR count). The van der Waals surface area contributed by atoms with E-state index in [0.717, 1.165) is 10.9 Å². The number of carbonyl (C=O) groups excluding carboxylic acids is 2. The van der Waals surface area contributed by atoms with Gasteiger partial charge in [-0.2, -0.15) is 0 Å². The van der Waals surface area contributed by atoms with E-state index >= 15 is 0 Å². The molecule has 2 aliphatic heterocycles. The lowest BCUT2D eigenvalue weighted by atomic mass is 10.0. The van der Waals surface area contributed by atoms with Crippen molar-refractivity contribution in [2.75, 3.05) is 36.5 Å². The van der Waals surface area contributed by atoms with Crippen molar-refractivity contribution >= 4 is 34.5 Å². The van der Waals surface area contributed by atoms with E-state index in [1.54, 1.807) is 13.1 Å². The Kier molecular flexibility index (Phi) is 5.81. The van der Waals surface area contributed by atoms with Crippen LogP contribution in [0.1, 0.15) is 11.1 Å². The Labute approximate surface area is 198 Å².